The molecule has 0 N–H and O–H groups in total. The zero-order valence-electron chi connectivity index (χ0n) is 17.7. The number of hydrogen-bond acceptors (Lipinski definition) is 3. The third-order valence-electron chi connectivity index (χ3n) is 6.18. The van der Waals surface area contributed by atoms with Gasteiger partial charge in [0.15, 0.2) is 0 Å². The molecule has 0 saturated carbocycles. The van der Waals surface area contributed by atoms with Crippen LogP contribution in [0.15, 0.2) is 47.1 Å². The highest BCUT2D eigenvalue weighted by Gasteiger charge is 2.26. The SMILES string of the molecule is Cc1cccc(N2CCN(C(=O)c3cc(C)n(Cc4ccco4)c3C)CC2)c1C. The Bertz CT molecular complexity index is 1010. The quantitative estimate of drug-likeness (QED) is 0.665. The summed E-state index contributed by atoms with van der Waals surface area (Å²) >= 11 is 0. The average Bonchev–Trinajstić information content (AvgIpc) is 3.33. The summed E-state index contributed by atoms with van der Waals surface area (Å²) in [5, 5.41) is 0. The lowest BCUT2D eigenvalue weighted by Crippen LogP contribution is -2.49. The van der Waals surface area contributed by atoms with Crippen LogP contribution in [0.2, 0.25) is 0 Å². The van der Waals surface area contributed by atoms with E-state index in [1.54, 1.807) is 6.26 Å². The van der Waals surface area contributed by atoms with Crippen LogP contribution in [-0.4, -0.2) is 41.6 Å². The first-order valence-corrected chi connectivity index (χ1v) is 10.2. The Kier molecular flexibility index (Phi) is 5.22. The van der Waals surface area contributed by atoms with E-state index in [0.29, 0.717) is 6.54 Å². The summed E-state index contributed by atoms with van der Waals surface area (Å²) in [6.07, 6.45) is 1.69. The van der Waals surface area contributed by atoms with E-state index in [-0.39, 0.29) is 5.91 Å². The molecule has 3 heterocycles. The zero-order valence-corrected chi connectivity index (χ0v) is 17.7. The minimum atomic E-state index is 0.129. The van der Waals surface area contributed by atoms with Crippen molar-refractivity contribution in [3.8, 4) is 0 Å². The second kappa shape index (κ2) is 7.82. The van der Waals surface area contributed by atoms with E-state index >= 15 is 0 Å². The Morgan fingerprint density at radius 3 is 2.45 bits per heavy atom. The predicted octanol–water partition coefficient (Wildman–Crippen LogP) is 4.33. The second-order valence-electron chi connectivity index (χ2n) is 7.95. The van der Waals surface area contributed by atoms with Crippen LogP contribution in [0.3, 0.4) is 0 Å². The van der Waals surface area contributed by atoms with Crippen LogP contribution in [0.5, 0.6) is 0 Å². The lowest BCUT2D eigenvalue weighted by molar-refractivity contribution is 0.0746. The van der Waals surface area contributed by atoms with Crippen molar-refractivity contribution in [3.63, 3.8) is 0 Å². The van der Waals surface area contributed by atoms with E-state index in [4.69, 9.17) is 4.42 Å². The largest absolute Gasteiger partial charge is 0.467 e. The number of benzene rings is 1. The smallest absolute Gasteiger partial charge is 0.255 e. The lowest BCUT2D eigenvalue weighted by atomic mass is 10.1. The number of aryl methyl sites for hydroxylation is 2. The van der Waals surface area contributed by atoms with Crippen molar-refractivity contribution in [2.45, 2.75) is 34.2 Å². The molecule has 4 rings (SSSR count). The minimum absolute atomic E-state index is 0.129. The topological polar surface area (TPSA) is 41.6 Å². The van der Waals surface area contributed by atoms with Crippen LogP contribution in [-0.2, 0) is 6.54 Å². The van der Waals surface area contributed by atoms with E-state index in [1.165, 1.54) is 16.8 Å². The summed E-state index contributed by atoms with van der Waals surface area (Å²) in [6, 6.07) is 12.3. The molecule has 1 saturated heterocycles. The molecule has 1 amide bonds. The van der Waals surface area contributed by atoms with Crippen molar-refractivity contribution in [2.75, 3.05) is 31.1 Å². The number of rotatable bonds is 4. The van der Waals surface area contributed by atoms with Gasteiger partial charge in [0.2, 0.25) is 0 Å². The van der Waals surface area contributed by atoms with Crippen LogP contribution in [0.25, 0.3) is 0 Å². The molecule has 152 valence electrons. The summed E-state index contributed by atoms with van der Waals surface area (Å²) in [5.74, 6) is 1.03. The molecule has 0 spiro atoms. The number of amides is 1. The van der Waals surface area contributed by atoms with E-state index < -0.39 is 0 Å². The fourth-order valence-electron chi connectivity index (χ4n) is 4.22. The van der Waals surface area contributed by atoms with Crippen molar-refractivity contribution in [1.82, 2.24) is 9.47 Å². The third kappa shape index (κ3) is 3.69. The number of furan rings is 1. The number of hydrogen-bond donors (Lipinski definition) is 0. The van der Waals surface area contributed by atoms with Crippen LogP contribution in [0.1, 0.15) is 38.6 Å². The number of piperazine rings is 1. The summed E-state index contributed by atoms with van der Waals surface area (Å²) < 4.78 is 7.63. The minimum Gasteiger partial charge on any atom is -0.467 e. The zero-order chi connectivity index (χ0) is 20.5. The molecule has 0 aliphatic carbocycles. The fourth-order valence-corrected chi connectivity index (χ4v) is 4.22. The van der Waals surface area contributed by atoms with Gasteiger partial charge >= 0.3 is 0 Å². The molecule has 3 aromatic rings. The maximum absolute atomic E-state index is 13.2. The highest BCUT2D eigenvalue weighted by atomic mass is 16.3. The van der Waals surface area contributed by atoms with Crippen molar-refractivity contribution in [3.05, 3.63) is 76.5 Å². The van der Waals surface area contributed by atoms with E-state index in [1.807, 2.05) is 36.9 Å². The predicted molar refractivity (Wildman–Crippen MR) is 116 cm³/mol. The van der Waals surface area contributed by atoms with Gasteiger partial charge in [0, 0.05) is 43.3 Å². The van der Waals surface area contributed by atoms with E-state index in [9.17, 15) is 4.79 Å². The summed E-state index contributed by atoms with van der Waals surface area (Å²) in [7, 11) is 0. The number of nitrogens with zero attached hydrogens (tertiary/aromatic N) is 3. The lowest BCUT2D eigenvalue weighted by Gasteiger charge is -2.37. The Hall–Kier alpha value is -2.95. The Labute approximate surface area is 172 Å². The number of aromatic nitrogens is 1. The van der Waals surface area contributed by atoms with E-state index in [2.05, 4.69) is 41.5 Å². The number of anilines is 1. The van der Waals surface area contributed by atoms with Gasteiger partial charge in [-0.2, -0.15) is 0 Å². The van der Waals surface area contributed by atoms with Crippen LogP contribution in [0, 0.1) is 27.7 Å². The first-order chi connectivity index (χ1) is 14.0. The molecule has 1 fully saturated rings. The Morgan fingerprint density at radius 2 is 1.76 bits per heavy atom. The fraction of sp³-hybridized carbons (Fsp3) is 0.375. The molecule has 5 nitrogen and oxygen atoms in total. The van der Waals surface area contributed by atoms with Crippen molar-refractivity contribution >= 4 is 11.6 Å². The molecule has 0 radical (unpaired) electrons. The highest BCUT2D eigenvalue weighted by Crippen LogP contribution is 2.25. The molecule has 2 aromatic heterocycles. The normalized spacial score (nSPS) is 14.5. The average molecular weight is 392 g/mol. The van der Waals surface area contributed by atoms with Crippen molar-refractivity contribution in [2.24, 2.45) is 0 Å². The first-order valence-electron chi connectivity index (χ1n) is 10.2. The van der Waals surface area contributed by atoms with Gasteiger partial charge in [-0.05, 0) is 63.1 Å². The van der Waals surface area contributed by atoms with Crippen molar-refractivity contribution < 1.29 is 9.21 Å². The molecule has 1 aliphatic rings. The Morgan fingerprint density at radius 1 is 1.00 bits per heavy atom. The van der Waals surface area contributed by atoms with Gasteiger partial charge in [0.1, 0.15) is 5.76 Å². The van der Waals surface area contributed by atoms with Crippen molar-refractivity contribution in [1.29, 1.82) is 0 Å². The molecule has 29 heavy (non-hydrogen) atoms. The van der Waals surface area contributed by atoms with Gasteiger partial charge in [0.05, 0.1) is 18.4 Å². The van der Waals surface area contributed by atoms with Gasteiger partial charge in [0.25, 0.3) is 5.91 Å². The maximum atomic E-state index is 13.2. The number of carbonyl (C=O) groups is 1. The molecule has 5 heteroatoms. The molecular weight excluding hydrogens is 362 g/mol. The monoisotopic (exact) mass is 391 g/mol. The Balaban J connectivity index is 1.47. The van der Waals surface area contributed by atoms with Gasteiger partial charge in [-0.25, -0.2) is 0 Å². The molecule has 1 aromatic carbocycles. The van der Waals surface area contributed by atoms with Gasteiger partial charge < -0.3 is 18.8 Å². The summed E-state index contributed by atoms with van der Waals surface area (Å²) in [6.45, 7) is 12.3. The molecular formula is C24H29N3O2. The van der Waals surface area contributed by atoms with Gasteiger partial charge in [-0.15, -0.1) is 0 Å². The van der Waals surface area contributed by atoms with E-state index in [0.717, 1.165) is 48.9 Å². The molecule has 1 aliphatic heterocycles. The number of carbonyl (C=O) groups excluding carboxylic acids is 1. The van der Waals surface area contributed by atoms with Gasteiger partial charge in [-0.1, -0.05) is 12.1 Å². The molecule has 0 bridgehead atoms. The van der Waals surface area contributed by atoms with Crippen LogP contribution in [0.4, 0.5) is 5.69 Å². The first kappa shape index (κ1) is 19.4. The van der Waals surface area contributed by atoms with Crippen LogP contribution < -0.4 is 4.90 Å². The summed E-state index contributed by atoms with van der Waals surface area (Å²) in [4.78, 5) is 17.6. The molecule has 0 unspecified atom stereocenters. The third-order valence-corrected chi connectivity index (χ3v) is 6.18. The standard InChI is InChI=1S/C24H29N3O2/c1-17-7-5-9-23(19(17)3)25-10-12-26(13-11-25)24(28)22-15-18(2)27(20(22)4)16-21-8-6-14-29-21/h5-9,14-15H,10-13,16H2,1-4H3. The second-order valence-corrected chi connectivity index (χ2v) is 7.95. The summed E-state index contributed by atoms with van der Waals surface area (Å²) in [5.41, 5.74) is 6.80. The van der Waals surface area contributed by atoms with Gasteiger partial charge in [-0.3, -0.25) is 4.79 Å². The maximum Gasteiger partial charge on any atom is 0.255 e. The highest BCUT2D eigenvalue weighted by molar-refractivity contribution is 5.96. The van der Waals surface area contributed by atoms with Crippen LogP contribution >= 0.6 is 0 Å². The molecule has 0 atom stereocenters.